The lowest BCUT2D eigenvalue weighted by molar-refractivity contribution is 0.0696. The largest absolute Gasteiger partial charge is 0.478 e. The van der Waals surface area contributed by atoms with Gasteiger partial charge in [0.1, 0.15) is 0 Å². The Kier molecular flexibility index (Phi) is 4.35. The first-order chi connectivity index (χ1) is 13.4. The van der Waals surface area contributed by atoms with Crippen molar-refractivity contribution in [1.29, 1.82) is 0 Å². The first kappa shape index (κ1) is 17.8. The van der Waals surface area contributed by atoms with Crippen molar-refractivity contribution in [1.82, 2.24) is 4.90 Å². The predicted molar refractivity (Wildman–Crippen MR) is 113 cm³/mol. The van der Waals surface area contributed by atoms with E-state index in [0.29, 0.717) is 11.1 Å². The fraction of sp³-hybridized carbons (Fsp3) is 0.130. The molecule has 0 saturated heterocycles. The Morgan fingerprint density at radius 1 is 1.11 bits per heavy atom. The SMILES string of the molecule is Cc1cc(C2=CN3C(=CC(C)C=C3c3ccc(N)cc3)C=N2)ccc1C(=O)O. The minimum absolute atomic E-state index is 0.289. The van der Waals surface area contributed by atoms with Crippen LogP contribution in [0.2, 0.25) is 0 Å². The minimum Gasteiger partial charge on any atom is -0.478 e. The maximum absolute atomic E-state index is 11.3. The molecule has 3 N–H and O–H groups in total. The highest BCUT2D eigenvalue weighted by molar-refractivity contribution is 5.93. The highest BCUT2D eigenvalue weighted by Crippen LogP contribution is 2.35. The number of anilines is 1. The highest BCUT2D eigenvalue weighted by atomic mass is 16.4. The molecule has 2 aromatic carbocycles. The Balaban J connectivity index is 1.74. The molecule has 1 unspecified atom stereocenters. The smallest absolute Gasteiger partial charge is 0.335 e. The quantitative estimate of drug-likeness (QED) is 0.777. The Morgan fingerprint density at radius 3 is 2.50 bits per heavy atom. The average molecular weight is 371 g/mol. The van der Waals surface area contributed by atoms with Crippen LogP contribution in [0.5, 0.6) is 0 Å². The van der Waals surface area contributed by atoms with Gasteiger partial charge in [-0.3, -0.25) is 4.99 Å². The topological polar surface area (TPSA) is 78.9 Å². The first-order valence-corrected chi connectivity index (χ1v) is 9.11. The van der Waals surface area contributed by atoms with E-state index in [4.69, 9.17) is 5.73 Å². The Labute approximate surface area is 163 Å². The summed E-state index contributed by atoms with van der Waals surface area (Å²) in [6.45, 7) is 3.94. The normalized spacial score (nSPS) is 18.1. The van der Waals surface area contributed by atoms with E-state index in [9.17, 15) is 9.90 Å². The summed E-state index contributed by atoms with van der Waals surface area (Å²) < 4.78 is 0. The third-order valence-electron chi connectivity index (χ3n) is 4.94. The van der Waals surface area contributed by atoms with Gasteiger partial charge in [-0.15, -0.1) is 0 Å². The molecule has 0 amide bonds. The summed E-state index contributed by atoms with van der Waals surface area (Å²) in [5.41, 5.74) is 12.4. The number of nitrogen functional groups attached to an aromatic ring is 1. The van der Waals surface area contributed by atoms with Crippen molar-refractivity contribution < 1.29 is 9.90 Å². The summed E-state index contributed by atoms with van der Waals surface area (Å²) in [5, 5.41) is 9.25. The maximum atomic E-state index is 11.3. The van der Waals surface area contributed by atoms with Gasteiger partial charge in [0.25, 0.3) is 0 Å². The summed E-state index contributed by atoms with van der Waals surface area (Å²) in [5.74, 6) is -0.633. The number of fused-ring (bicyclic) bond motifs is 1. The van der Waals surface area contributed by atoms with Gasteiger partial charge in [-0.1, -0.05) is 37.3 Å². The van der Waals surface area contributed by atoms with Gasteiger partial charge < -0.3 is 15.7 Å². The summed E-state index contributed by atoms with van der Waals surface area (Å²) >= 11 is 0. The number of rotatable bonds is 3. The van der Waals surface area contributed by atoms with Crippen molar-refractivity contribution in [3.8, 4) is 0 Å². The van der Waals surface area contributed by atoms with Crippen LogP contribution in [0.15, 0.2) is 71.5 Å². The molecule has 0 aromatic heterocycles. The van der Waals surface area contributed by atoms with Crippen LogP contribution in [0.1, 0.15) is 34.0 Å². The van der Waals surface area contributed by atoms with E-state index < -0.39 is 5.97 Å². The molecule has 0 fully saturated rings. The van der Waals surface area contributed by atoms with Crippen LogP contribution in [0, 0.1) is 12.8 Å². The number of carboxylic acid groups (broad SMARTS) is 1. The van der Waals surface area contributed by atoms with Crippen LogP contribution in [-0.2, 0) is 0 Å². The zero-order chi connectivity index (χ0) is 19.8. The number of hydrogen-bond acceptors (Lipinski definition) is 4. The number of hydrogen-bond donors (Lipinski definition) is 2. The number of aryl methyl sites for hydroxylation is 1. The fourth-order valence-electron chi connectivity index (χ4n) is 3.51. The molecule has 0 aliphatic carbocycles. The second-order valence-electron chi connectivity index (χ2n) is 7.10. The number of nitrogens with two attached hydrogens (primary N) is 1. The molecule has 5 nitrogen and oxygen atoms in total. The second kappa shape index (κ2) is 6.85. The summed E-state index contributed by atoms with van der Waals surface area (Å²) in [4.78, 5) is 18.0. The number of aliphatic imine (C=N–C) groups is 1. The predicted octanol–water partition coefficient (Wildman–Crippen LogP) is 4.53. The van der Waals surface area contributed by atoms with Crippen molar-refractivity contribution in [3.05, 3.63) is 88.8 Å². The van der Waals surface area contributed by atoms with E-state index >= 15 is 0 Å². The number of aromatic carboxylic acids is 1. The van der Waals surface area contributed by atoms with Gasteiger partial charge in [0, 0.05) is 23.1 Å². The minimum atomic E-state index is -0.922. The average Bonchev–Trinajstić information content (AvgIpc) is 2.67. The van der Waals surface area contributed by atoms with Gasteiger partial charge >= 0.3 is 5.97 Å². The van der Waals surface area contributed by atoms with Crippen molar-refractivity contribution in [3.63, 3.8) is 0 Å². The van der Waals surface area contributed by atoms with E-state index in [0.717, 1.165) is 33.9 Å². The van der Waals surface area contributed by atoms with E-state index in [-0.39, 0.29) is 5.92 Å². The van der Waals surface area contributed by atoms with Crippen LogP contribution >= 0.6 is 0 Å². The highest BCUT2D eigenvalue weighted by Gasteiger charge is 2.23. The third kappa shape index (κ3) is 3.22. The molecule has 1 atom stereocenters. The Bertz CT molecular complexity index is 1080. The van der Waals surface area contributed by atoms with Crippen LogP contribution < -0.4 is 5.73 Å². The molecule has 5 heteroatoms. The fourth-order valence-corrected chi connectivity index (χ4v) is 3.51. The lowest BCUT2D eigenvalue weighted by Gasteiger charge is -2.32. The molecular formula is C23H21N3O2. The van der Waals surface area contributed by atoms with Gasteiger partial charge in [0.2, 0.25) is 0 Å². The van der Waals surface area contributed by atoms with Crippen molar-refractivity contribution >= 4 is 29.3 Å². The van der Waals surface area contributed by atoms with Crippen LogP contribution in [-0.4, -0.2) is 22.2 Å². The monoisotopic (exact) mass is 371 g/mol. The molecule has 2 heterocycles. The number of carboxylic acids is 1. The lowest BCUT2D eigenvalue weighted by Crippen LogP contribution is -2.23. The standard InChI is InChI=1S/C23H21N3O2/c1-14-9-19-12-25-21(17-5-8-20(23(27)28)15(2)11-17)13-26(19)22(10-14)16-3-6-18(24)7-4-16/h3-14H,24H2,1-2H3,(H,27,28). The van der Waals surface area contributed by atoms with Crippen molar-refractivity contribution in [2.75, 3.05) is 5.73 Å². The van der Waals surface area contributed by atoms with Gasteiger partial charge in [0.05, 0.1) is 23.2 Å². The third-order valence-corrected chi connectivity index (χ3v) is 4.94. The molecule has 4 rings (SSSR count). The zero-order valence-electron chi connectivity index (χ0n) is 15.8. The lowest BCUT2D eigenvalue weighted by atomic mass is 9.98. The molecule has 0 saturated carbocycles. The van der Waals surface area contributed by atoms with Gasteiger partial charge in [-0.2, -0.15) is 0 Å². The number of benzene rings is 2. The molecule has 140 valence electrons. The summed E-state index contributed by atoms with van der Waals surface area (Å²) in [6, 6.07) is 13.1. The Hall–Kier alpha value is -3.60. The molecular weight excluding hydrogens is 350 g/mol. The molecule has 0 spiro atoms. The van der Waals surface area contributed by atoms with E-state index in [1.54, 1.807) is 19.1 Å². The molecule has 2 aliphatic heterocycles. The second-order valence-corrected chi connectivity index (χ2v) is 7.10. The number of nitrogens with zero attached hydrogens (tertiary/aromatic N) is 2. The number of carbonyl (C=O) groups is 1. The van der Waals surface area contributed by atoms with E-state index in [1.165, 1.54) is 0 Å². The van der Waals surface area contributed by atoms with Crippen LogP contribution in [0.3, 0.4) is 0 Å². The van der Waals surface area contributed by atoms with E-state index in [1.807, 2.05) is 42.7 Å². The van der Waals surface area contributed by atoms with Gasteiger partial charge in [-0.25, -0.2) is 4.79 Å². The number of allylic oxidation sites excluding steroid dienone is 3. The van der Waals surface area contributed by atoms with Gasteiger partial charge in [0.15, 0.2) is 0 Å². The van der Waals surface area contributed by atoms with Crippen molar-refractivity contribution in [2.24, 2.45) is 10.9 Å². The first-order valence-electron chi connectivity index (χ1n) is 9.11. The summed E-state index contributed by atoms with van der Waals surface area (Å²) in [6.07, 6.45) is 8.23. The zero-order valence-corrected chi connectivity index (χ0v) is 15.8. The molecule has 28 heavy (non-hydrogen) atoms. The maximum Gasteiger partial charge on any atom is 0.335 e. The summed E-state index contributed by atoms with van der Waals surface area (Å²) in [7, 11) is 0. The molecule has 0 bridgehead atoms. The molecule has 2 aliphatic rings. The van der Waals surface area contributed by atoms with Gasteiger partial charge in [-0.05, 0) is 48.2 Å². The van der Waals surface area contributed by atoms with Crippen LogP contribution in [0.4, 0.5) is 5.69 Å². The molecule has 2 aromatic rings. The molecule has 0 radical (unpaired) electrons. The van der Waals surface area contributed by atoms with E-state index in [2.05, 4.69) is 29.0 Å². The van der Waals surface area contributed by atoms with Crippen molar-refractivity contribution in [2.45, 2.75) is 13.8 Å². The Morgan fingerprint density at radius 2 is 1.82 bits per heavy atom. The van der Waals surface area contributed by atoms with Crippen LogP contribution in [0.25, 0.3) is 11.4 Å².